The maximum Gasteiger partial charge on any atom is 0.0943 e. The molecule has 0 bridgehead atoms. The second-order valence-electron chi connectivity index (χ2n) is 5.31. The third kappa shape index (κ3) is 3.14. The van der Waals surface area contributed by atoms with Crippen LogP contribution in [0.15, 0.2) is 22.7 Å². The van der Waals surface area contributed by atoms with Crippen molar-refractivity contribution in [3.05, 3.63) is 33.8 Å². The van der Waals surface area contributed by atoms with Gasteiger partial charge in [-0.2, -0.15) is 0 Å². The first-order valence-corrected chi connectivity index (χ1v) is 7.58. The van der Waals surface area contributed by atoms with Gasteiger partial charge in [0.15, 0.2) is 0 Å². The van der Waals surface area contributed by atoms with E-state index >= 15 is 0 Å². The van der Waals surface area contributed by atoms with E-state index in [0.717, 1.165) is 28.9 Å². The third-order valence-corrected chi connectivity index (χ3v) is 4.92. The zero-order chi connectivity index (χ0) is 13.1. The van der Waals surface area contributed by atoms with Gasteiger partial charge in [-0.25, -0.2) is 0 Å². The van der Waals surface area contributed by atoms with Crippen molar-refractivity contribution in [2.75, 3.05) is 6.54 Å². The highest BCUT2D eigenvalue weighted by Crippen LogP contribution is 2.29. The molecule has 2 rings (SSSR count). The molecule has 1 aromatic carbocycles. The van der Waals surface area contributed by atoms with E-state index < -0.39 is 6.10 Å². The van der Waals surface area contributed by atoms with Crippen LogP contribution < -0.4 is 5.32 Å². The normalized spacial score (nSPS) is 26.0. The second-order valence-corrected chi connectivity index (χ2v) is 6.17. The number of benzene rings is 1. The van der Waals surface area contributed by atoms with Gasteiger partial charge in [-0.05, 0) is 49.4 Å². The predicted molar refractivity (Wildman–Crippen MR) is 78.6 cm³/mol. The van der Waals surface area contributed by atoms with Gasteiger partial charge in [-0.15, -0.1) is 0 Å². The number of halogens is 1. The standard InChI is InChI=1S/C15H22BrNO/c1-3-11-6-7-17-14(9-11)15(18)12-4-5-13(16)10(2)8-12/h4-5,8,11,14-15,17-18H,3,6-7,9H2,1-2H3. The average Bonchev–Trinajstić information content (AvgIpc) is 2.41. The third-order valence-electron chi connectivity index (χ3n) is 4.03. The van der Waals surface area contributed by atoms with E-state index in [1.165, 1.54) is 18.4 Å². The second kappa shape index (κ2) is 6.18. The topological polar surface area (TPSA) is 32.3 Å². The molecular formula is C15H22BrNO. The van der Waals surface area contributed by atoms with Crippen LogP contribution in [-0.2, 0) is 0 Å². The lowest BCUT2D eigenvalue weighted by molar-refractivity contribution is 0.0978. The van der Waals surface area contributed by atoms with E-state index in [9.17, 15) is 5.11 Å². The lowest BCUT2D eigenvalue weighted by atomic mass is 9.86. The predicted octanol–water partition coefficient (Wildman–Crippen LogP) is 3.57. The Bertz CT molecular complexity index is 407. The summed E-state index contributed by atoms with van der Waals surface area (Å²) < 4.78 is 1.10. The van der Waals surface area contributed by atoms with E-state index in [4.69, 9.17) is 0 Å². The number of hydrogen-bond acceptors (Lipinski definition) is 2. The zero-order valence-electron chi connectivity index (χ0n) is 11.1. The molecule has 1 heterocycles. The van der Waals surface area contributed by atoms with Gasteiger partial charge in [-0.1, -0.05) is 41.4 Å². The van der Waals surface area contributed by atoms with Gasteiger partial charge in [0, 0.05) is 10.5 Å². The summed E-state index contributed by atoms with van der Waals surface area (Å²) in [5.41, 5.74) is 2.19. The van der Waals surface area contributed by atoms with E-state index in [1.54, 1.807) is 0 Å². The fourth-order valence-electron chi connectivity index (χ4n) is 2.73. The SMILES string of the molecule is CCC1CCNC(C(O)c2ccc(Br)c(C)c2)C1. The van der Waals surface area contributed by atoms with Crippen molar-refractivity contribution in [2.45, 2.75) is 45.3 Å². The summed E-state index contributed by atoms with van der Waals surface area (Å²) in [5, 5.41) is 14.0. The van der Waals surface area contributed by atoms with Crippen molar-refractivity contribution in [3.63, 3.8) is 0 Å². The molecule has 2 N–H and O–H groups in total. The van der Waals surface area contributed by atoms with E-state index in [2.05, 4.69) is 41.2 Å². The smallest absolute Gasteiger partial charge is 0.0943 e. The van der Waals surface area contributed by atoms with Crippen LogP contribution in [0.3, 0.4) is 0 Å². The number of nitrogens with one attached hydrogen (secondary N) is 1. The molecule has 0 aliphatic carbocycles. The van der Waals surface area contributed by atoms with Crippen molar-refractivity contribution in [3.8, 4) is 0 Å². The van der Waals surface area contributed by atoms with Crippen LogP contribution in [0.5, 0.6) is 0 Å². The molecule has 1 saturated heterocycles. The first kappa shape index (κ1) is 14.0. The Kier molecular flexibility index (Phi) is 4.82. The molecule has 0 radical (unpaired) electrons. The molecule has 2 nitrogen and oxygen atoms in total. The molecule has 1 fully saturated rings. The number of piperidine rings is 1. The van der Waals surface area contributed by atoms with Crippen molar-refractivity contribution in [1.82, 2.24) is 5.32 Å². The summed E-state index contributed by atoms with van der Waals surface area (Å²) in [7, 11) is 0. The van der Waals surface area contributed by atoms with Crippen LogP contribution in [0, 0.1) is 12.8 Å². The summed E-state index contributed by atoms with van der Waals surface area (Å²) in [6.45, 7) is 5.32. The molecule has 0 amide bonds. The summed E-state index contributed by atoms with van der Waals surface area (Å²) in [6.07, 6.45) is 3.13. The molecule has 1 aliphatic heterocycles. The number of hydrogen-bond donors (Lipinski definition) is 2. The van der Waals surface area contributed by atoms with Gasteiger partial charge in [0.1, 0.15) is 0 Å². The summed E-state index contributed by atoms with van der Waals surface area (Å²) >= 11 is 3.50. The van der Waals surface area contributed by atoms with Crippen molar-refractivity contribution in [1.29, 1.82) is 0 Å². The average molecular weight is 312 g/mol. The largest absolute Gasteiger partial charge is 0.387 e. The van der Waals surface area contributed by atoms with Gasteiger partial charge < -0.3 is 10.4 Å². The van der Waals surface area contributed by atoms with Crippen molar-refractivity contribution >= 4 is 15.9 Å². The molecule has 3 unspecified atom stereocenters. The Hall–Kier alpha value is -0.380. The van der Waals surface area contributed by atoms with Crippen LogP contribution in [-0.4, -0.2) is 17.7 Å². The van der Waals surface area contributed by atoms with E-state index in [0.29, 0.717) is 0 Å². The Morgan fingerprint density at radius 2 is 2.28 bits per heavy atom. The van der Waals surface area contributed by atoms with Gasteiger partial charge in [0.2, 0.25) is 0 Å². The van der Waals surface area contributed by atoms with Crippen LogP contribution >= 0.6 is 15.9 Å². The molecule has 1 aliphatic rings. The first-order chi connectivity index (χ1) is 8.61. The van der Waals surface area contributed by atoms with Crippen molar-refractivity contribution in [2.24, 2.45) is 5.92 Å². The molecule has 0 spiro atoms. The van der Waals surface area contributed by atoms with E-state index in [1.807, 2.05) is 12.1 Å². The lowest BCUT2D eigenvalue weighted by Gasteiger charge is -2.33. The fraction of sp³-hybridized carbons (Fsp3) is 0.600. The fourth-order valence-corrected chi connectivity index (χ4v) is 2.98. The lowest BCUT2D eigenvalue weighted by Crippen LogP contribution is -2.42. The summed E-state index contributed by atoms with van der Waals surface area (Å²) in [4.78, 5) is 0. The van der Waals surface area contributed by atoms with Crippen LogP contribution in [0.4, 0.5) is 0 Å². The highest BCUT2D eigenvalue weighted by molar-refractivity contribution is 9.10. The van der Waals surface area contributed by atoms with Gasteiger partial charge in [0.25, 0.3) is 0 Å². The molecule has 0 aromatic heterocycles. The number of aliphatic hydroxyl groups excluding tert-OH is 1. The molecular weight excluding hydrogens is 290 g/mol. The van der Waals surface area contributed by atoms with E-state index in [-0.39, 0.29) is 6.04 Å². The summed E-state index contributed by atoms with van der Waals surface area (Å²) in [5.74, 6) is 0.752. The molecule has 100 valence electrons. The van der Waals surface area contributed by atoms with Crippen LogP contribution in [0.2, 0.25) is 0 Å². The van der Waals surface area contributed by atoms with Crippen molar-refractivity contribution < 1.29 is 5.11 Å². The molecule has 18 heavy (non-hydrogen) atoms. The highest BCUT2D eigenvalue weighted by Gasteiger charge is 2.27. The minimum absolute atomic E-state index is 0.198. The highest BCUT2D eigenvalue weighted by atomic mass is 79.9. The number of aliphatic hydroxyl groups is 1. The number of rotatable bonds is 3. The molecule has 3 heteroatoms. The monoisotopic (exact) mass is 311 g/mol. The Morgan fingerprint density at radius 3 is 2.94 bits per heavy atom. The minimum atomic E-state index is -0.397. The Labute approximate surface area is 118 Å². The Balaban J connectivity index is 2.10. The van der Waals surface area contributed by atoms with Gasteiger partial charge in [-0.3, -0.25) is 0 Å². The number of aryl methyl sites for hydroxylation is 1. The van der Waals surface area contributed by atoms with Crippen LogP contribution in [0.1, 0.15) is 43.4 Å². The van der Waals surface area contributed by atoms with Gasteiger partial charge >= 0.3 is 0 Å². The molecule has 3 atom stereocenters. The maximum atomic E-state index is 10.5. The molecule has 0 saturated carbocycles. The van der Waals surface area contributed by atoms with Crippen LogP contribution in [0.25, 0.3) is 0 Å². The zero-order valence-corrected chi connectivity index (χ0v) is 12.7. The maximum absolute atomic E-state index is 10.5. The quantitative estimate of drug-likeness (QED) is 0.894. The first-order valence-electron chi connectivity index (χ1n) is 6.79. The molecule has 1 aromatic rings. The van der Waals surface area contributed by atoms with Gasteiger partial charge in [0.05, 0.1) is 6.10 Å². The summed E-state index contributed by atoms with van der Waals surface area (Å²) in [6, 6.07) is 6.31. The Morgan fingerprint density at radius 1 is 1.50 bits per heavy atom. The minimum Gasteiger partial charge on any atom is -0.387 e.